The van der Waals surface area contributed by atoms with Crippen LogP contribution >= 0.6 is 0 Å². The van der Waals surface area contributed by atoms with Crippen LogP contribution in [0.3, 0.4) is 0 Å². The van der Waals surface area contributed by atoms with Gasteiger partial charge in [-0.2, -0.15) is 0 Å². The second kappa shape index (κ2) is 14.1. The highest BCUT2D eigenvalue weighted by molar-refractivity contribution is 5.97. The minimum Gasteiger partial charge on any atom is -0.507 e. The number of pyridine rings is 1. The summed E-state index contributed by atoms with van der Waals surface area (Å²) in [6, 6.07) is 35.4. The topological polar surface area (TPSA) is 50.9 Å². The van der Waals surface area contributed by atoms with E-state index < -0.39 is 6.04 Å². The van der Waals surface area contributed by atoms with Gasteiger partial charge in [-0.3, -0.25) is 9.55 Å². The molecule has 0 aliphatic heterocycles. The molecule has 1 N–H and O–H groups in total. The Morgan fingerprint density at radius 1 is 0.589 bits per heavy atom. The van der Waals surface area contributed by atoms with Gasteiger partial charge < -0.3 is 5.11 Å². The fraction of sp³-hybridized carbons (Fsp3) is 0.192. The molecule has 0 aliphatic carbocycles. The number of aryl methyl sites for hydroxylation is 2. The molecule has 8 rings (SSSR count). The molecule has 0 spiro atoms. The van der Waals surface area contributed by atoms with Gasteiger partial charge in [0.2, 0.25) is 0 Å². The van der Waals surface area contributed by atoms with E-state index in [4.69, 9.17) is 16.8 Å². The zero-order valence-corrected chi connectivity index (χ0v) is 33.3. The van der Waals surface area contributed by atoms with Crippen molar-refractivity contribution >= 4 is 11.0 Å². The molecule has 8 aromatic rings. The molecule has 4 heteroatoms. The summed E-state index contributed by atoms with van der Waals surface area (Å²) < 4.78 is 44.2. The lowest BCUT2D eigenvalue weighted by Crippen LogP contribution is -2.12. The first-order valence-electron chi connectivity index (χ1n) is 21.5. The minimum absolute atomic E-state index is 0.130. The average Bonchev–Trinajstić information content (AvgIpc) is 3.63. The number of phenols is 1. The lowest BCUT2D eigenvalue weighted by molar-refractivity contribution is 0.472. The number of fused-ring (bicyclic) bond motifs is 1. The van der Waals surface area contributed by atoms with Crippen molar-refractivity contribution in [3.63, 3.8) is 0 Å². The maximum atomic E-state index is 11.7. The number of para-hydroxylation sites is 1. The van der Waals surface area contributed by atoms with Crippen molar-refractivity contribution in [2.45, 2.75) is 66.2 Å². The van der Waals surface area contributed by atoms with Gasteiger partial charge in [-0.25, -0.2) is 4.98 Å². The van der Waals surface area contributed by atoms with Gasteiger partial charge in [-0.1, -0.05) is 132 Å². The molecule has 56 heavy (non-hydrogen) atoms. The SMILES string of the molecule is [2H]c1c([2H])c([2H])c(-c2ccnc(-c3cc(-c4cccc5c4nc(-c4cc(C)cc(C)c4O)n5-c4cc(-c5ccccc5)cc(C(C)(C)C)c4)cc(C(C)(C)C)c3)c2)c([2H])c1[2H]. The van der Waals surface area contributed by atoms with E-state index in [1.54, 1.807) is 18.3 Å². The van der Waals surface area contributed by atoms with Gasteiger partial charge in [0.05, 0.1) is 29.1 Å². The summed E-state index contributed by atoms with van der Waals surface area (Å²) in [5.74, 6) is 0.804. The first-order chi connectivity index (χ1) is 28.8. The molecule has 0 fully saturated rings. The van der Waals surface area contributed by atoms with E-state index in [2.05, 4.69) is 119 Å². The van der Waals surface area contributed by atoms with E-state index >= 15 is 0 Å². The predicted octanol–water partition coefficient (Wildman–Crippen LogP) is 13.7. The Balaban J connectivity index is 1.40. The van der Waals surface area contributed by atoms with Gasteiger partial charge in [0.1, 0.15) is 11.6 Å². The van der Waals surface area contributed by atoms with Crippen LogP contribution in [0, 0.1) is 13.8 Å². The van der Waals surface area contributed by atoms with Crippen molar-refractivity contribution in [3.05, 3.63) is 168 Å². The number of nitrogens with zero attached hydrogens (tertiary/aromatic N) is 3. The maximum absolute atomic E-state index is 11.7. The molecule has 0 unspecified atom stereocenters. The minimum atomic E-state index is -0.429. The van der Waals surface area contributed by atoms with Gasteiger partial charge in [-0.15, -0.1) is 0 Å². The number of hydrogen-bond acceptors (Lipinski definition) is 3. The van der Waals surface area contributed by atoms with Crippen LogP contribution in [0.4, 0.5) is 0 Å². The quantitative estimate of drug-likeness (QED) is 0.185. The Bertz CT molecular complexity index is 3000. The van der Waals surface area contributed by atoms with Gasteiger partial charge in [0.15, 0.2) is 0 Å². The lowest BCUT2D eigenvalue weighted by Gasteiger charge is -2.23. The second-order valence-corrected chi connectivity index (χ2v) is 16.8. The van der Waals surface area contributed by atoms with E-state index in [0.717, 1.165) is 61.2 Å². The van der Waals surface area contributed by atoms with Crippen molar-refractivity contribution in [3.8, 4) is 67.5 Å². The highest BCUT2D eigenvalue weighted by Gasteiger charge is 2.25. The fourth-order valence-corrected chi connectivity index (χ4v) is 7.38. The van der Waals surface area contributed by atoms with Crippen molar-refractivity contribution in [1.82, 2.24) is 14.5 Å². The number of aromatic nitrogens is 3. The zero-order valence-electron chi connectivity index (χ0n) is 38.3. The second-order valence-electron chi connectivity index (χ2n) is 16.8. The van der Waals surface area contributed by atoms with Crippen LogP contribution in [0.2, 0.25) is 0 Å². The molecule has 2 heterocycles. The van der Waals surface area contributed by atoms with Gasteiger partial charge in [-0.05, 0) is 123 Å². The molecule has 0 bridgehead atoms. The third-order valence-electron chi connectivity index (χ3n) is 10.5. The first-order valence-corrected chi connectivity index (χ1v) is 19.0. The summed E-state index contributed by atoms with van der Waals surface area (Å²) in [5.41, 5.74) is 12.8. The van der Waals surface area contributed by atoms with Crippen molar-refractivity contribution < 1.29 is 12.0 Å². The van der Waals surface area contributed by atoms with Crippen LogP contribution in [-0.4, -0.2) is 19.6 Å². The molecule has 2 aromatic heterocycles. The summed E-state index contributed by atoms with van der Waals surface area (Å²) in [5, 5.41) is 11.7. The number of imidazole rings is 1. The Hall–Kier alpha value is -6.26. The number of hydrogen-bond donors (Lipinski definition) is 1. The number of rotatable bonds is 6. The molecule has 0 aliphatic rings. The maximum Gasteiger partial charge on any atom is 0.149 e. The lowest BCUT2D eigenvalue weighted by atomic mass is 9.83. The summed E-state index contributed by atoms with van der Waals surface area (Å²) in [6.07, 6.45) is 1.62. The smallest absolute Gasteiger partial charge is 0.149 e. The number of benzene rings is 6. The standard InChI is InChI=1S/C52H49N3O/c1-33-24-34(2)49(56)45(25-33)50-54-48-44(20-15-21-47(48)55(50)43-30-38(36-18-13-10-14-19-36)27-42(32-43)52(6,7)8)39-26-40(29-41(28-39)51(3,4)5)46-31-37(22-23-53-46)35-16-11-9-12-17-35/h9-32,56H,1-8H3/i9D,11D,12D,16D,17D. The number of phenolic OH excluding ortho intramolecular Hbond substituents is 1. The van der Waals surface area contributed by atoms with Gasteiger partial charge >= 0.3 is 0 Å². The molecule has 6 aromatic carbocycles. The average molecular weight is 737 g/mol. The van der Waals surface area contributed by atoms with Crippen LogP contribution < -0.4 is 0 Å². The van der Waals surface area contributed by atoms with Crippen LogP contribution in [0.15, 0.2) is 146 Å². The Morgan fingerprint density at radius 2 is 1.29 bits per heavy atom. The van der Waals surface area contributed by atoms with Crippen molar-refractivity contribution in [2.75, 3.05) is 0 Å². The highest BCUT2D eigenvalue weighted by atomic mass is 16.3. The van der Waals surface area contributed by atoms with Gasteiger partial charge in [0, 0.05) is 23.0 Å². The van der Waals surface area contributed by atoms with E-state index in [1.165, 1.54) is 5.56 Å². The summed E-state index contributed by atoms with van der Waals surface area (Å²) in [6.45, 7) is 17.1. The van der Waals surface area contributed by atoms with Crippen LogP contribution in [0.25, 0.3) is 72.7 Å². The normalized spacial score (nSPS) is 13.2. The first kappa shape index (κ1) is 31.0. The Labute approximate surface area is 338 Å². The number of aromatic hydroxyl groups is 1. The molecule has 0 amide bonds. The third-order valence-corrected chi connectivity index (χ3v) is 10.5. The fourth-order valence-electron chi connectivity index (χ4n) is 7.38. The Kier molecular flexibility index (Phi) is 7.81. The summed E-state index contributed by atoms with van der Waals surface area (Å²) in [4.78, 5) is 10.2. The monoisotopic (exact) mass is 736 g/mol. The highest BCUT2D eigenvalue weighted by Crippen LogP contribution is 2.42. The Morgan fingerprint density at radius 3 is 2.02 bits per heavy atom. The van der Waals surface area contributed by atoms with Gasteiger partial charge in [0.25, 0.3) is 0 Å². The van der Waals surface area contributed by atoms with E-state index in [0.29, 0.717) is 22.6 Å². The van der Waals surface area contributed by atoms with E-state index in [-0.39, 0.29) is 46.3 Å². The predicted molar refractivity (Wildman–Crippen MR) is 235 cm³/mol. The molecule has 4 nitrogen and oxygen atoms in total. The van der Waals surface area contributed by atoms with Crippen LogP contribution in [0.5, 0.6) is 5.75 Å². The third kappa shape index (κ3) is 7.04. The molecule has 0 radical (unpaired) electrons. The van der Waals surface area contributed by atoms with Crippen LogP contribution in [-0.2, 0) is 10.8 Å². The van der Waals surface area contributed by atoms with Crippen molar-refractivity contribution in [1.29, 1.82) is 0 Å². The zero-order chi connectivity index (χ0) is 43.7. The summed E-state index contributed by atoms with van der Waals surface area (Å²) >= 11 is 0. The largest absolute Gasteiger partial charge is 0.507 e. The van der Waals surface area contributed by atoms with E-state index in [9.17, 15) is 5.11 Å². The molecular weight excluding hydrogens is 683 g/mol. The van der Waals surface area contributed by atoms with E-state index in [1.807, 2.05) is 38.1 Å². The molecular formula is C52H49N3O. The molecule has 0 atom stereocenters. The van der Waals surface area contributed by atoms with Crippen LogP contribution in [0.1, 0.15) is 70.7 Å². The summed E-state index contributed by atoms with van der Waals surface area (Å²) in [7, 11) is 0. The molecule has 0 saturated carbocycles. The molecule has 0 saturated heterocycles. The molecule has 278 valence electrons. The van der Waals surface area contributed by atoms with Crippen molar-refractivity contribution in [2.24, 2.45) is 0 Å².